The number of hydrogen-bond acceptors (Lipinski definition) is 7. The summed E-state index contributed by atoms with van der Waals surface area (Å²) >= 11 is 0. The van der Waals surface area contributed by atoms with E-state index < -0.39 is 25.1 Å². The highest BCUT2D eigenvalue weighted by Crippen LogP contribution is 2.23. The molecule has 32 heavy (non-hydrogen) atoms. The molecule has 0 amide bonds. The number of alkyl halides is 3. The van der Waals surface area contributed by atoms with Crippen molar-refractivity contribution in [2.24, 2.45) is 0 Å². The molecule has 1 atom stereocenters. The molecule has 9 nitrogen and oxygen atoms in total. The molecule has 0 radical (unpaired) electrons. The average molecular weight is 447 g/mol. The third kappa shape index (κ3) is 4.38. The number of ether oxygens (including phenoxy) is 1. The predicted octanol–water partition coefficient (Wildman–Crippen LogP) is 2.61. The zero-order valence-corrected chi connectivity index (χ0v) is 16.6. The highest BCUT2D eigenvalue weighted by atomic mass is 19.3. The number of aromatic nitrogens is 5. The lowest BCUT2D eigenvalue weighted by Crippen LogP contribution is -2.22. The monoisotopic (exact) mass is 447 g/mol. The lowest BCUT2D eigenvalue weighted by molar-refractivity contribution is -0.0498. The van der Waals surface area contributed by atoms with Gasteiger partial charge in [-0.1, -0.05) is 12.1 Å². The Labute approximate surface area is 177 Å². The normalized spacial score (nSPS) is 12.4. The molecule has 0 saturated heterocycles. The summed E-state index contributed by atoms with van der Waals surface area (Å²) in [5.41, 5.74) is 0.746. The summed E-state index contributed by atoms with van der Waals surface area (Å²) in [7, 11) is 0. The molecule has 0 N–H and O–H groups in total. The Morgan fingerprint density at radius 1 is 1.09 bits per heavy atom. The van der Waals surface area contributed by atoms with E-state index in [2.05, 4.69) is 19.8 Å². The Bertz CT molecular complexity index is 1360. The van der Waals surface area contributed by atoms with Crippen molar-refractivity contribution in [2.75, 3.05) is 0 Å². The summed E-state index contributed by atoms with van der Waals surface area (Å²) in [6.45, 7) is -1.89. The summed E-state index contributed by atoms with van der Waals surface area (Å²) in [5.74, 6) is -1.12. The number of benzene rings is 1. The summed E-state index contributed by atoms with van der Waals surface area (Å²) < 4.78 is 50.3. The molecule has 0 aliphatic rings. The van der Waals surface area contributed by atoms with Crippen molar-refractivity contribution >= 4 is 11.0 Å². The Morgan fingerprint density at radius 2 is 1.84 bits per heavy atom. The number of hydrogen-bond donors (Lipinski definition) is 0. The van der Waals surface area contributed by atoms with E-state index in [4.69, 9.17) is 4.42 Å². The molecule has 0 aliphatic carbocycles. The number of aryl methyl sites for hydroxylation is 1. The van der Waals surface area contributed by atoms with Crippen LogP contribution in [0.3, 0.4) is 0 Å². The van der Waals surface area contributed by atoms with Crippen LogP contribution in [0.2, 0.25) is 0 Å². The molecule has 1 unspecified atom stereocenters. The molecule has 12 heteroatoms. The average Bonchev–Trinajstić information content (AvgIpc) is 3.09. The molecule has 3 heterocycles. The minimum absolute atomic E-state index is 0.104. The fourth-order valence-corrected chi connectivity index (χ4v) is 3.13. The van der Waals surface area contributed by atoms with E-state index in [1.54, 1.807) is 19.2 Å². The van der Waals surface area contributed by atoms with Crippen molar-refractivity contribution in [1.82, 2.24) is 24.3 Å². The van der Waals surface area contributed by atoms with Crippen LogP contribution in [-0.2, 0) is 13.1 Å². The van der Waals surface area contributed by atoms with Gasteiger partial charge in [0.2, 0.25) is 5.89 Å². The van der Waals surface area contributed by atoms with E-state index in [1.807, 2.05) is 0 Å². The molecular formula is C20H16F3N5O4. The van der Waals surface area contributed by atoms with Gasteiger partial charge in [0, 0.05) is 6.20 Å². The Balaban J connectivity index is 1.52. The van der Waals surface area contributed by atoms with E-state index in [-0.39, 0.29) is 29.3 Å². The number of halogens is 3. The zero-order chi connectivity index (χ0) is 22.8. The van der Waals surface area contributed by atoms with Crippen molar-refractivity contribution in [1.29, 1.82) is 0 Å². The third-order valence-electron chi connectivity index (χ3n) is 4.69. The Morgan fingerprint density at radius 3 is 2.56 bits per heavy atom. The second-order valence-corrected chi connectivity index (χ2v) is 6.86. The maximum atomic E-state index is 14.6. The van der Waals surface area contributed by atoms with E-state index >= 15 is 0 Å². The van der Waals surface area contributed by atoms with Crippen LogP contribution in [0.5, 0.6) is 5.75 Å². The number of pyridine rings is 1. The molecule has 4 rings (SSSR count). The van der Waals surface area contributed by atoms with Gasteiger partial charge in [-0.2, -0.15) is 13.5 Å². The zero-order valence-electron chi connectivity index (χ0n) is 16.6. The van der Waals surface area contributed by atoms with Gasteiger partial charge in [0.15, 0.2) is 5.65 Å². The maximum Gasteiger partial charge on any atom is 0.437 e. The lowest BCUT2D eigenvalue weighted by Gasteiger charge is -2.09. The van der Waals surface area contributed by atoms with Crippen LogP contribution in [0.1, 0.15) is 23.2 Å². The molecule has 166 valence electrons. The van der Waals surface area contributed by atoms with Gasteiger partial charge in [-0.25, -0.2) is 19.2 Å². The first kappa shape index (κ1) is 21.3. The first-order valence-corrected chi connectivity index (χ1v) is 9.38. The largest absolute Gasteiger partial charge is 0.437 e. The van der Waals surface area contributed by atoms with E-state index in [0.29, 0.717) is 16.6 Å². The molecule has 0 saturated carbocycles. The molecule has 0 aliphatic heterocycles. The quantitative estimate of drug-likeness (QED) is 0.429. The van der Waals surface area contributed by atoms with Crippen LogP contribution in [0.25, 0.3) is 11.0 Å². The molecule has 4 aromatic rings. The number of nitrogens with zero attached hydrogens (tertiary/aromatic N) is 5. The molecule has 0 bridgehead atoms. The topological polar surface area (TPSA) is 105 Å². The first-order chi connectivity index (χ1) is 15.3. The van der Waals surface area contributed by atoms with Gasteiger partial charge in [-0.15, -0.1) is 5.10 Å². The molecule has 1 aromatic carbocycles. The summed E-state index contributed by atoms with van der Waals surface area (Å²) in [4.78, 5) is 33.0. The molecule has 0 spiro atoms. The smallest absolute Gasteiger partial charge is 0.435 e. The van der Waals surface area contributed by atoms with Gasteiger partial charge in [0.05, 0.1) is 11.9 Å². The lowest BCUT2D eigenvalue weighted by atomic mass is 10.1. The van der Waals surface area contributed by atoms with Crippen LogP contribution in [0.15, 0.2) is 56.9 Å². The maximum absolute atomic E-state index is 14.6. The van der Waals surface area contributed by atoms with Crippen molar-refractivity contribution in [2.45, 2.75) is 32.8 Å². The minimum Gasteiger partial charge on any atom is -0.435 e. The van der Waals surface area contributed by atoms with Crippen LogP contribution >= 0.6 is 0 Å². The molecular weight excluding hydrogens is 431 g/mol. The van der Waals surface area contributed by atoms with Crippen LogP contribution in [0, 0.1) is 6.92 Å². The highest BCUT2D eigenvalue weighted by Gasteiger charge is 2.17. The standard InChI is InChI=1S/C20H16F3N5O4/c1-11-6-7-24-17-16(11)18(29)27(10-25-17)9-15-26-28(20(30)32-15)8-14(21)12-2-4-13(5-3-12)31-19(22)23/h2-7,10,14,19H,8-9H2,1H3. The van der Waals surface area contributed by atoms with E-state index in [0.717, 1.165) is 4.68 Å². The van der Waals surface area contributed by atoms with Crippen molar-refractivity contribution in [3.63, 3.8) is 0 Å². The van der Waals surface area contributed by atoms with Crippen LogP contribution in [0.4, 0.5) is 13.2 Å². The minimum atomic E-state index is -2.99. The molecule has 0 fully saturated rings. The third-order valence-corrected chi connectivity index (χ3v) is 4.69. The highest BCUT2D eigenvalue weighted by molar-refractivity contribution is 5.76. The van der Waals surface area contributed by atoms with Crippen molar-refractivity contribution in [3.05, 3.63) is 80.8 Å². The van der Waals surface area contributed by atoms with Crippen molar-refractivity contribution in [3.8, 4) is 5.75 Å². The van der Waals surface area contributed by atoms with E-state index in [1.165, 1.54) is 35.2 Å². The van der Waals surface area contributed by atoms with Gasteiger partial charge >= 0.3 is 12.4 Å². The Hall–Kier alpha value is -3.96. The molecule has 3 aromatic heterocycles. The summed E-state index contributed by atoms with van der Waals surface area (Å²) in [6.07, 6.45) is 1.14. The van der Waals surface area contributed by atoms with Gasteiger partial charge in [0.1, 0.15) is 24.8 Å². The second-order valence-electron chi connectivity index (χ2n) is 6.86. The van der Waals surface area contributed by atoms with Gasteiger partial charge < -0.3 is 9.15 Å². The first-order valence-electron chi connectivity index (χ1n) is 9.38. The van der Waals surface area contributed by atoms with E-state index in [9.17, 15) is 22.8 Å². The second kappa shape index (κ2) is 8.65. The summed E-state index contributed by atoms with van der Waals surface area (Å²) in [5, 5.41) is 4.27. The SMILES string of the molecule is Cc1ccnc2ncn(Cc3nn(CC(F)c4ccc(OC(F)F)cc4)c(=O)o3)c(=O)c12. The fourth-order valence-electron chi connectivity index (χ4n) is 3.13. The van der Waals surface area contributed by atoms with Crippen LogP contribution < -0.4 is 16.1 Å². The summed E-state index contributed by atoms with van der Waals surface area (Å²) in [6, 6.07) is 6.61. The van der Waals surface area contributed by atoms with Crippen molar-refractivity contribution < 1.29 is 22.3 Å². The number of rotatable bonds is 7. The predicted molar refractivity (Wildman–Crippen MR) is 105 cm³/mol. The fraction of sp³-hybridized carbons (Fsp3) is 0.250. The van der Waals surface area contributed by atoms with Gasteiger partial charge in [-0.05, 0) is 36.2 Å². The van der Waals surface area contributed by atoms with Gasteiger partial charge in [-0.3, -0.25) is 9.36 Å². The number of fused-ring (bicyclic) bond motifs is 1. The Kier molecular flexibility index (Phi) is 5.75. The van der Waals surface area contributed by atoms with Gasteiger partial charge in [0.25, 0.3) is 5.56 Å². The van der Waals surface area contributed by atoms with Crippen LogP contribution in [-0.4, -0.2) is 30.9 Å².